The number of amides is 2. The zero-order chi connectivity index (χ0) is 27.7. The Labute approximate surface area is 224 Å². The third kappa shape index (κ3) is 5.74. The lowest BCUT2D eigenvalue weighted by Gasteiger charge is -2.49. The zero-order valence-corrected chi connectivity index (χ0v) is 21.4. The van der Waals surface area contributed by atoms with Crippen LogP contribution in [0.1, 0.15) is 73.3 Å². The first-order chi connectivity index (χ1) is 18.6. The summed E-state index contributed by atoms with van der Waals surface area (Å²) in [4.78, 5) is 42.2. The fraction of sp³-hybridized carbons (Fsp3) is 0.483. The molecule has 208 valence electrons. The number of carbonyl (C=O) groups is 3. The number of hydrogen-bond acceptors (Lipinski definition) is 4. The maximum Gasteiger partial charge on any atom is 0.573 e. The minimum atomic E-state index is -4.82. The SMILES string of the molecule is O=C(O)CCC(=O)N(CC1CCC1)C1c2ccccc2N(C(=O)c2ccc(OC(F)(F)F)cc2)C2CCCC12. The molecule has 0 aromatic heterocycles. The van der Waals surface area contributed by atoms with Gasteiger partial charge in [0.2, 0.25) is 5.91 Å². The molecular weight excluding hydrogens is 513 g/mol. The summed E-state index contributed by atoms with van der Waals surface area (Å²) in [5.74, 6) is -1.58. The van der Waals surface area contributed by atoms with E-state index in [-0.39, 0.29) is 48.2 Å². The molecule has 10 heteroatoms. The number of benzene rings is 2. The van der Waals surface area contributed by atoms with Crippen molar-refractivity contribution >= 4 is 23.5 Å². The fourth-order valence-corrected chi connectivity index (χ4v) is 6.30. The van der Waals surface area contributed by atoms with Gasteiger partial charge in [-0.25, -0.2) is 0 Å². The molecule has 2 aromatic rings. The van der Waals surface area contributed by atoms with Gasteiger partial charge in [-0.3, -0.25) is 14.4 Å². The van der Waals surface area contributed by atoms with E-state index < -0.39 is 18.1 Å². The Bertz CT molecular complexity index is 1230. The standard InChI is InChI=1S/C29H31F3N2O5/c30-29(31,32)39-20-13-11-19(12-14-20)28(38)34-23-9-2-1-7-21(23)27(22-8-4-10-24(22)34)33(17-18-5-3-6-18)25(35)15-16-26(36)37/h1-2,7,9,11-14,18,22,24,27H,3-6,8,10,15-17H2,(H,36,37). The summed E-state index contributed by atoms with van der Waals surface area (Å²) >= 11 is 0. The van der Waals surface area contributed by atoms with E-state index in [1.807, 2.05) is 29.2 Å². The molecule has 1 aliphatic heterocycles. The van der Waals surface area contributed by atoms with E-state index in [0.29, 0.717) is 18.2 Å². The van der Waals surface area contributed by atoms with Crippen LogP contribution in [0.25, 0.3) is 0 Å². The molecule has 1 heterocycles. The van der Waals surface area contributed by atoms with Crippen LogP contribution in [0.5, 0.6) is 5.75 Å². The van der Waals surface area contributed by atoms with Crippen molar-refractivity contribution in [1.82, 2.24) is 4.90 Å². The largest absolute Gasteiger partial charge is 0.573 e. The summed E-state index contributed by atoms with van der Waals surface area (Å²) in [7, 11) is 0. The van der Waals surface area contributed by atoms with Crippen LogP contribution in [-0.2, 0) is 9.59 Å². The molecule has 2 fully saturated rings. The molecule has 3 atom stereocenters. The monoisotopic (exact) mass is 544 g/mol. The number of carboxylic acid groups (broad SMARTS) is 1. The molecule has 0 spiro atoms. The van der Waals surface area contributed by atoms with Gasteiger partial charge in [0.25, 0.3) is 5.91 Å². The lowest BCUT2D eigenvalue weighted by Crippen LogP contribution is -2.53. The van der Waals surface area contributed by atoms with Gasteiger partial charge in [-0.2, -0.15) is 0 Å². The number of aliphatic carboxylic acids is 1. The predicted molar refractivity (Wildman–Crippen MR) is 136 cm³/mol. The summed E-state index contributed by atoms with van der Waals surface area (Å²) in [6.45, 7) is 0.565. The van der Waals surface area contributed by atoms with E-state index in [0.717, 1.165) is 56.2 Å². The average Bonchev–Trinajstić information content (AvgIpc) is 3.34. The van der Waals surface area contributed by atoms with Crippen LogP contribution in [-0.4, -0.2) is 46.7 Å². The lowest BCUT2D eigenvalue weighted by atomic mass is 9.79. The maximum atomic E-state index is 13.8. The maximum absolute atomic E-state index is 13.8. The summed E-state index contributed by atoms with van der Waals surface area (Å²) in [5, 5.41) is 9.20. The van der Waals surface area contributed by atoms with E-state index >= 15 is 0 Å². The highest BCUT2D eigenvalue weighted by Gasteiger charge is 2.49. The molecule has 2 aliphatic carbocycles. The normalized spacial score (nSPS) is 22.4. The Morgan fingerprint density at radius 1 is 0.949 bits per heavy atom. The summed E-state index contributed by atoms with van der Waals surface area (Å²) in [6, 6.07) is 11.9. The van der Waals surface area contributed by atoms with Gasteiger partial charge >= 0.3 is 12.3 Å². The third-order valence-electron chi connectivity index (χ3n) is 8.23. The Kier molecular flexibility index (Phi) is 7.55. The third-order valence-corrected chi connectivity index (χ3v) is 8.23. The lowest BCUT2D eigenvalue weighted by molar-refractivity contribution is -0.274. The van der Waals surface area contributed by atoms with Crippen molar-refractivity contribution in [2.75, 3.05) is 11.4 Å². The van der Waals surface area contributed by atoms with Crippen LogP contribution in [0.2, 0.25) is 0 Å². The molecular formula is C29H31F3N2O5. The highest BCUT2D eigenvalue weighted by molar-refractivity contribution is 6.07. The van der Waals surface area contributed by atoms with Gasteiger partial charge in [0, 0.05) is 36.2 Å². The molecule has 0 radical (unpaired) electrons. The molecule has 3 aliphatic rings. The summed E-state index contributed by atoms with van der Waals surface area (Å²) < 4.78 is 41.8. The van der Waals surface area contributed by atoms with E-state index in [2.05, 4.69) is 4.74 Å². The fourth-order valence-electron chi connectivity index (χ4n) is 6.30. The van der Waals surface area contributed by atoms with Crippen molar-refractivity contribution in [3.05, 3.63) is 59.7 Å². The molecule has 5 rings (SSSR count). The van der Waals surface area contributed by atoms with Gasteiger partial charge < -0.3 is 19.6 Å². The first-order valence-electron chi connectivity index (χ1n) is 13.4. The van der Waals surface area contributed by atoms with Gasteiger partial charge in [0.15, 0.2) is 0 Å². The second-order valence-electron chi connectivity index (χ2n) is 10.6. The molecule has 0 saturated heterocycles. The molecule has 2 amide bonds. The zero-order valence-electron chi connectivity index (χ0n) is 21.4. The van der Waals surface area contributed by atoms with Crippen molar-refractivity contribution in [3.63, 3.8) is 0 Å². The number of ether oxygens (including phenoxy) is 1. The summed E-state index contributed by atoms with van der Waals surface area (Å²) in [5.41, 5.74) is 1.76. The van der Waals surface area contributed by atoms with Gasteiger partial charge in [-0.05, 0) is 67.5 Å². The first kappa shape index (κ1) is 27.0. The van der Waals surface area contributed by atoms with Gasteiger partial charge in [0.1, 0.15) is 5.75 Å². The first-order valence-corrected chi connectivity index (χ1v) is 13.4. The predicted octanol–water partition coefficient (Wildman–Crippen LogP) is 5.95. The van der Waals surface area contributed by atoms with Crippen molar-refractivity contribution in [2.45, 2.75) is 69.8 Å². The van der Waals surface area contributed by atoms with Gasteiger partial charge in [-0.1, -0.05) is 31.0 Å². The number of hydrogen-bond donors (Lipinski definition) is 1. The van der Waals surface area contributed by atoms with Crippen LogP contribution in [0.15, 0.2) is 48.5 Å². The topological polar surface area (TPSA) is 87.2 Å². The van der Waals surface area contributed by atoms with Crippen LogP contribution in [0.4, 0.5) is 18.9 Å². The number of carbonyl (C=O) groups excluding carboxylic acids is 2. The number of carboxylic acids is 1. The van der Waals surface area contributed by atoms with Crippen molar-refractivity contribution in [1.29, 1.82) is 0 Å². The van der Waals surface area contributed by atoms with Crippen molar-refractivity contribution < 1.29 is 37.4 Å². The van der Waals surface area contributed by atoms with E-state index in [1.54, 1.807) is 4.90 Å². The van der Waals surface area contributed by atoms with Crippen LogP contribution in [0, 0.1) is 11.8 Å². The minimum absolute atomic E-state index is 0.0365. The van der Waals surface area contributed by atoms with E-state index in [4.69, 9.17) is 0 Å². The Morgan fingerprint density at radius 3 is 2.28 bits per heavy atom. The highest BCUT2D eigenvalue weighted by Crippen LogP contribution is 2.51. The quantitative estimate of drug-likeness (QED) is 0.444. The Morgan fingerprint density at radius 2 is 1.64 bits per heavy atom. The molecule has 2 saturated carbocycles. The Hall–Kier alpha value is -3.56. The van der Waals surface area contributed by atoms with Crippen molar-refractivity contribution in [3.8, 4) is 5.75 Å². The minimum Gasteiger partial charge on any atom is -0.481 e. The smallest absolute Gasteiger partial charge is 0.481 e. The van der Waals surface area contributed by atoms with E-state index in [9.17, 15) is 32.7 Å². The number of nitrogens with zero attached hydrogens (tertiary/aromatic N) is 2. The molecule has 3 unspecified atom stereocenters. The number of rotatable bonds is 8. The van der Waals surface area contributed by atoms with Crippen LogP contribution in [0.3, 0.4) is 0 Å². The number of fused-ring (bicyclic) bond motifs is 2. The number of halogens is 3. The number of para-hydroxylation sites is 1. The molecule has 2 aromatic carbocycles. The average molecular weight is 545 g/mol. The molecule has 0 bridgehead atoms. The number of anilines is 1. The van der Waals surface area contributed by atoms with Gasteiger partial charge in [-0.15, -0.1) is 13.2 Å². The summed E-state index contributed by atoms with van der Waals surface area (Å²) in [6.07, 6.45) is 0.446. The second-order valence-corrected chi connectivity index (χ2v) is 10.6. The van der Waals surface area contributed by atoms with Crippen molar-refractivity contribution in [2.24, 2.45) is 11.8 Å². The highest BCUT2D eigenvalue weighted by atomic mass is 19.4. The van der Waals surface area contributed by atoms with Gasteiger partial charge in [0.05, 0.1) is 12.5 Å². The number of alkyl halides is 3. The van der Waals surface area contributed by atoms with E-state index in [1.165, 1.54) is 12.1 Å². The second kappa shape index (κ2) is 10.9. The molecule has 1 N–H and O–H groups in total. The van der Waals surface area contributed by atoms with Crippen LogP contribution >= 0.6 is 0 Å². The Balaban J connectivity index is 1.49. The molecule has 7 nitrogen and oxygen atoms in total. The molecule has 39 heavy (non-hydrogen) atoms. The van der Waals surface area contributed by atoms with Crippen LogP contribution < -0.4 is 9.64 Å².